The Labute approximate surface area is 128 Å². The molecule has 2 aromatic rings. The first kappa shape index (κ1) is 14.6. The lowest BCUT2D eigenvalue weighted by molar-refractivity contribution is 0.475. The number of nitrogens with zero attached hydrogens (tertiary/aromatic N) is 1. The van der Waals surface area contributed by atoms with Crippen LogP contribution in [-0.4, -0.2) is 13.4 Å². The molecule has 0 aliphatic rings. The van der Waals surface area contributed by atoms with Gasteiger partial charge in [0.15, 0.2) is 0 Å². The van der Waals surface area contributed by atoms with E-state index in [4.69, 9.17) is 27.4 Å². The van der Waals surface area contributed by atoms with Crippen LogP contribution < -0.4 is 4.18 Å². The molecular weight excluding hydrogens is 377 g/mol. The summed E-state index contributed by atoms with van der Waals surface area (Å²) in [6.07, 6.45) is 1.43. The molecule has 19 heavy (non-hydrogen) atoms. The molecular formula is C11H6BrCl2NO3S. The molecule has 0 spiro atoms. The molecule has 0 unspecified atom stereocenters. The van der Waals surface area contributed by atoms with Crippen LogP contribution in [0.25, 0.3) is 0 Å². The van der Waals surface area contributed by atoms with Gasteiger partial charge in [0.1, 0.15) is 4.90 Å². The topological polar surface area (TPSA) is 56.3 Å². The SMILES string of the molecule is O=S(=O)(Oc1ccccn1)c1cc(Cl)c(Cl)cc1Br. The lowest BCUT2D eigenvalue weighted by atomic mass is 10.4. The average Bonchev–Trinajstić information content (AvgIpc) is 2.34. The van der Waals surface area contributed by atoms with E-state index in [1.807, 2.05) is 0 Å². The van der Waals surface area contributed by atoms with Crippen molar-refractivity contribution in [1.29, 1.82) is 0 Å². The maximum atomic E-state index is 12.1. The van der Waals surface area contributed by atoms with E-state index in [1.165, 1.54) is 24.4 Å². The maximum Gasteiger partial charge on any atom is 0.341 e. The second-order valence-electron chi connectivity index (χ2n) is 3.40. The third-order valence-electron chi connectivity index (χ3n) is 2.08. The summed E-state index contributed by atoms with van der Waals surface area (Å²) in [5.41, 5.74) is 0. The van der Waals surface area contributed by atoms with Gasteiger partial charge in [0.05, 0.1) is 10.0 Å². The van der Waals surface area contributed by atoms with Gasteiger partial charge in [-0.3, -0.25) is 0 Å². The minimum Gasteiger partial charge on any atom is -0.358 e. The monoisotopic (exact) mass is 381 g/mol. The van der Waals surface area contributed by atoms with Crippen molar-refractivity contribution in [2.24, 2.45) is 0 Å². The minimum atomic E-state index is -4.04. The fourth-order valence-corrected chi connectivity index (χ4v) is 3.68. The summed E-state index contributed by atoms with van der Waals surface area (Å²) in [7, 11) is -4.04. The van der Waals surface area contributed by atoms with E-state index in [0.29, 0.717) is 0 Å². The van der Waals surface area contributed by atoms with Gasteiger partial charge in [-0.2, -0.15) is 8.42 Å². The Hall–Kier alpha value is -0.820. The van der Waals surface area contributed by atoms with Crippen LogP contribution in [-0.2, 0) is 10.1 Å². The summed E-state index contributed by atoms with van der Waals surface area (Å²) in [5, 5.41) is 0.360. The number of aromatic nitrogens is 1. The van der Waals surface area contributed by atoms with Crippen LogP contribution >= 0.6 is 39.1 Å². The smallest absolute Gasteiger partial charge is 0.341 e. The van der Waals surface area contributed by atoms with Gasteiger partial charge in [-0.25, -0.2) is 4.98 Å². The third kappa shape index (κ3) is 3.39. The highest BCUT2D eigenvalue weighted by Gasteiger charge is 2.22. The Morgan fingerprint density at radius 1 is 1.16 bits per heavy atom. The predicted molar refractivity (Wildman–Crippen MR) is 76.2 cm³/mol. The Balaban J connectivity index is 2.43. The molecule has 0 saturated heterocycles. The molecule has 0 aliphatic heterocycles. The van der Waals surface area contributed by atoms with E-state index in [-0.39, 0.29) is 25.3 Å². The lowest BCUT2D eigenvalue weighted by Crippen LogP contribution is -2.11. The molecule has 0 radical (unpaired) electrons. The molecule has 4 nitrogen and oxygen atoms in total. The largest absolute Gasteiger partial charge is 0.358 e. The second kappa shape index (κ2) is 5.66. The molecule has 0 atom stereocenters. The molecule has 1 heterocycles. The van der Waals surface area contributed by atoms with Crippen molar-refractivity contribution in [3.63, 3.8) is 0 Å². The number of pyridine rings is 1. The standard InChI is InChI=1S/C11H6BrCl2NO3S/c12-7-5-8(13)9(14)6-10(7)19(16,17)18-11-3-1-2-4-15-11/h1-6H. The van der Waals surface area contributed by atoms with Gasteiger partial charge in [-0.15, -0.1) is 0 Å². The molecule has 1 aromatic heterocycles. The van der Waals surface area contributed by atoms with Crippen molar-refractivity contribution in [2.75, 3.05) is 0 Å². The summed E-state index contributed by atoms with van der Waals surface area (Å²) in [4.78, 5) is 3.67. The summed E-state index contributed by atoms with van der Waals surface area (Å²) >= 11 is 14.7. The van der Waals surface area contributed by atoms with Gasteiger partial charge in [0.25, 0.3) is 0 Å². The van der Waals surface area contributed by atoms with E-state index >= 15 is 0 Å². The zero-order chi connectivity index (χ0) is 14.0. The van der Waals surface area contributed by atoms with Gasteiger partial charge in [0.2, 0.25) is 5.88 Å². The minimum absolute atomic E-state index is 0.0273. The Kier molecular flexibility index (Phi) is 4.35. The van der Waals surface area contributed by atoms with E-state index < -0.39 is 10.1 Å². The summed E-state index contributed by atoms with van der Waals surface area (Å²) < 4.78 is 29.3. The normalized spacial score (nSPS) is 11.3. The molecule has 0 bridgehead atoms. The van der Waals surface area contributed by atoms with Crippen molar-refractivity contribution in [3.8, 4) is 5.88 Å². The van der Waals surface area contributed by atoms with Gasteiger partial charge >= 0.3 is 10.1 Å². The molecule has 0 fully saturated rings. The third-order valence-corrected chi connectivity index (χ3v) is 4.98. The van der Waals surface area contributed by atoms with Crippen molar-refractivity contribution in [1.82, 2.24) is 4.98 Å². The molecule has 100 valence electrons. The molecule has 0 N–H and O–H groups in total. The second-order valence-corrected chi connectivity index (χ2v) is 6.59. The van der Waals surface area contributed by atoms with Gasteiger partial charge in [0, 0.05) is 16.7 Å². The average molecular weight is 383 g/mol. The van der Waals surface area contributed by atoms with Gasteiger partial charge in [-0.1, -0.05) is 29.3 Å². The van der Waals surface area contributed by atoms with Crippen LogP contribution in [0, 0.1) is 0 Å². The van der Waals surface area contributed by atoms with E-state index in [9.17, 15) is 8.42 Å². The fourth-order valence-electron chi connectivity index (χ4n) is 1.25. The molecule has 0 amide bonds. The van der Waals surface area contributed by atoms with Gasteiger partial charge < -0.3 is 4.18 Å². The maximum absolute atomic E-state index is 12.1. The van der Waals surface area contributed by atoms with Crippen LogP contribution in [0.1, 0.15) is 0 Å². The first-order valence-corrected chi connectivity index (χ1v) is 7.86. The first-order valence-electron chi connectivity index (χ1n) is 4.90. The number of benzene rings is 1. The highest BCUT2D eigenvalue weighted by Crippen LogP contribution is 2.32. The van der Waals surface area contributed by atoms with Crippen LogP contribution in [0.4, 0.5) is 0 Å². The molecule has 1 aromatic carbocycles. The quantitative estimate of drug-likeness (QED) is 0.596. The molecule has 0 aliphatic carbocycles. The molecule has 2 rings (SSSR count). The van der Waals surface area contributed by atoms with Crippen LogP contribution in [0.3, 0.4) is 0 Å². The fraction of sp³-hybridized carbons (Fsp3) is 0. The van der Waals surface area contributed by atoms with E-state index in [0.717, 1.165) is 0 Å². The summed E-state index contributed by atoms with van der Waals surface area (Å²) in [6, 6.07) is 7.30. The highest BCUT2D eigenvalue weighted by atomic mass is 79.9. The van der Waals surface area contributed by atoms with Crippen molar-refractivity contribution >= 4 is 49.2 Å². The predicted octanol–water partition coefficient (Wildman–Crippen LogP) is 3.92. The number of rotatable bonds is 3. The zero-order valence-electron chi connectivity index (χ0n) is 9.18. The molecule has 0 saturated carbocycles. The van der Waals surface area contributed by atoms with Crippen molar-refractivity contribution in [3.05, 3.63) is 51.0 Å². The zero-order valence-corrected chi connectivity index (χ0v) is 13.1. The number of halogens is 3. The summed E-state index contributed by atoms with van der Waals surface area (Å²) in [6.45, 7) is 0. The van der Waals surface area contributed by atoms with Crippen molar-refractivity contribution in [2.45, 2.75) is 4.90 Å². The number of hydrogen-bond donors (Lipinski definition) is 0. The first-order chi connectivity index (χ1) is 8.90. The van der Waals surface area contributed by atoms with Gasteiger partial charge in [-0.05, 0) is 34.1 Å². The van der Waals surface area contributed by atoms with Crippen molar-refractivity contribution < 1.29 is 12.6 Å². The summed E-state index contributed by atoms with van der Waals surface area (Å²) in [5.74, 6) is -0.0273. The number of hydrogen-bond acceptors (Lipinski definition) is 4. The Bertz CT molecular complexity index is 707. The van der Waals surface area contributed by atoms with Crippen LogP contribution in [0.15, 0.2) is 45.9 Å². The molecule has 8 heteroatoms. The van der Waals surface area contributed by atoms with Crippen LogP contribution in [0.5, 0.6) is 5.88 Å². The highest BCUT2D eigenvalue weighted by molar-refractivity contribution is 9.10. The Morgan fingerprint density at radius 2 is 1.84 bits per heavy atom. The Morgan fingerprint density at radius 3 is 2.47 bits per heavy atom. The van der Waals surface area contributed by atoms with E-state index in [1.54, 1.807) is 12.1 Å². The lowest BCUT2D eigenvalue weighted by Gasteiger charge is -2.08. The van der Waals surface area contributed by atoms with E-state index in [2.05, 4.69) is 20.9 Å². The van der Waals surface area contributed by atoms with Crippen LogP contribution in [0.2, 0.25) is 10.0 Å².